The molecule has 22 heavy (non-hydrogen) atoms. The highest BCUT2D eigenvalue weighted by Crippen LogP contribution is 2.30. The normalized spacial score (nSPS) is 11.6. The van der Waals surface area contributed by atoms with Crippen molar-refractivity contribution in [1.82, 2.24) is 9.78 Å². The molecule has 1 aromatic carbocycles. The first kappa shape index (κ1) is 15.7. The van der Waals surface area contributed by atoms with Gasteiger partial charge in [0.25, 0.3) is 0 Å². The molecule has 118 valence electrons. The van der Waals surface area contributed by atoms with Gasteiger partial charge in [-0.25, -0.2) is 4.68 Å². The molecule has 0 radical (unpaired) electrons. The lowest BCUT2D eigenvalue weighted by molar-refractivity contribution is -0.138. The number of carboxylic acids is 1. The number of nitrogens with zero attached hydrogens (tertiary/aromatic N) is 2. The summed E-state index contributed by atoms with van der Waals surface area (Å²) in [5.41, 5.74) is 11.4. The third-order valence-electron chi connectivity index (χ3n) is 3.08. The number of hydrogen-bond acceptors (Lipinski definition) is 4. The van der Waals surface area contributed by atoms with Crippen molar-refractivity contribution in [3.8, 4) is 5.69 Å². The van der Waals surface area contributed by atoms with E-state index in [0.717, 1.165) is 12.1 Å². The second kappa shape index (κ2) is 5.58. The van der Waals surface area contributed by atoms with E-state index >= 15 is 0 Å². The van der Waals surface area contributed by atoms with Crippen LogP contribution in [0.25, 0.3) is 5.69 Å². The molecular formula is C13H13F3N4O2. The molecule has 0 aliphatic heterocycles. The Balaban J connectivity index is 2.33. The molecule has 0 atom stereocenters. The summed E-state index contributed by atoms with van der Waals surface area (Å²) in [6, 6.07) is 4.24. The molecule has 0 fully saturated rings. The van der Waals surface area contributed by atoms with Crippen LogP contribution in [-0.2, 0) is 17.4 Å². The van der Waals surface area contributed by atoms with Crippen molar-refractivity contribution in [3.05, 3.63) is 35.4 Å². The first-order valence-corrected chi connectivity index (χ1v) is 6.22. The average molecular weight is 314 g/mol. The van der Waals surface area contributed by atoms with Crippen molar-refractivity contribution < 1.29 is 23.1 Å². The number of anilines is 2. The highest BCUT2D eigenvalue weighted by Gasteiger charge is 2.30. The predicted octanol–water partition coefficient (Wildman–Crippen LogP) is 2.07. The number of alkyl halides is 3. The zero-order chi connectivity index (χ0) is 16.5. The van der Waals surface area contributed by atoms with Gasteiger partial charge < -0.3 is 16.6 Å². The SMILES string of the molecule is Nc1nn(-c2ccc(C(F)(F)F)cc2)c(N)c1CCC(=O)O. The monoisotopic (exact) mass is 314 g/mol. The Morgan fingerprint density at radius 2 is 1.82 bits per heavy atom. The van der Waals surface area contributed by atoms with Gasteiger partial charge in [-0.15, -0.1) is 5.10 Å². The third kappa shape index (κ3) is 3.13. The van der Waals surface area contributed by atoms with E-state index in [4.69, 9.17) is 16.6 Å². The van der Waals surface area contributed by atoms with E-state index in [1.54, 1.807) is 0 Å². The Kier molecular flexibility index (Phi) is 3.98. The van der Waals surface area contributed by atoms with Crippen LogP contribution in [0.2, 0.25) is 0 Å². The van der Waals surface area contributed by atoms with E-state index in [9.17, 15) is 18.0 Å². The maximum Gasteiger partial charge on any atom is 0.416 e. The summed E-state index contributed by atoms with van der Waals surface area (Å²) in [6.07, 6.45) is -4.51. The van der Waals surface area contributed by atoms with Gasteiger partial charge in [0.1, 0.15) is 5.82 Å². The molecule has 2 aromatic rings. The number of nitrogens with two attached hydrogens (primary N) is 2. The molecule has 0 aliphatic carbocycles. The maximum atomic E-state index is 12.5. The van der Waals surface area contributed by atoms with E-state index < -0.39 is 17.7 Å². The molecule has 1 aromatic heterocycles. The van der Waals surface area contributed by atoms with Gasteiger partial charge in [-0.3, -0.25) is 4.79 Å². The number of hydrogen-bond donors (Lipinski definition) is 3. The Hall–Kier alpha value is -2.71. The molecular weight excluding hydrogens is 301 g/mol. The smallest absolute Gasteiger partial charge is 0.416 e. The van der Waals surface area contributed by atoms with Crippen molar-refractivity contribution in [2.45, 2.75) is 19.0 Å². The molecule has 1 heterocycles. The number of aliphatic carboxylic acids is 1. The largest absolute Gasteiger partial charge is 0.481 e. The van der Waals surface area contributed by atoms with Crippen LogP contribution in [0.3, 0.4) is 0 Å². The summed E-state index contributed by atoms with van der Waals surface area (Å²) < 4.78 is 38.8. The van der Waals surface area contributed by atoms with Gasteiger partial charge in [0.2, 0.25) is 0 Å². The summed E-state index contributed by atoms with van der Waals surface area (Å²) in [7, 11) is 0. The number of benzene rings is 1. The van der Waals surface area contributed by atoms with Crippen LogP contribution in [0.5, 0.6) is 0 Å². The molecule has 5 N–H and O–H groups in total. The quantitative estimate of drug-likeness (QED) is 0.801. The molecule has 9 heteroatoms. The zero-order valence-corrected chi connectivity index (χ0v) is 11.3. The van der Waals surface area contributed by atoms with E-state index in [1.807, 2.05) is 0 Å². The number of carboxylic acid groups (broad SMARTS) is 1. The third-order valence-corrected chi connectivity index (χ3v) is 3.08. The average Bonchev–Trinajstić information content (AvgIpc) is 2.71. The van der Waals surface area contributed by atoms with Crippen molar-refractivity contribution in [3.63, 3.8) is 0 Å². The summed E-state index contributed by atoms with van der Waals surface area (Å²) in [4.78, 5) is 10.6. The minimum Gasteiger partial charge on any atom is -0.481 e. The Morgan fingerprint density at radius 1 is 1.23 bits per heavy atom. The molecule has 0 aliphatic rings. The first-order chi connectivity index (χ1) is 10.2. The summed E-state index contributed by atoms with van der Waals surface area (Å²) in [6.45, 7) is 0. The summed E-state index contributed by atoms with van der Waals surface area (Å²) in [5.74, 6) is -0.849. The fraction of sp³-hybridized carbons (Fsp3) is 0.231. The molecule has 6 nitrogen and oxygen atoms in total. The van der Waals surface area contributed by atoms with Crippen LogP contribution in [0.15, 0.2) is 24.3 Å². The van der Waals surface area contributed by atoms with Crippen LogP contribution in [-0.4, -0.2) is 20.9 Å². The van der Waals surface area contributed by atoms with Crippen LogP contribution in [0, 0.1) is 0 Å². The number of halogens is 3. The number of nitrogen functional groups attached to an aromatic ring is 2. The van der Waals surface area contributed by atoms with Gasteiger partial charge in [-0.05, 0) is 30.7 Å². The fourth-order valence-electron chi connectivity index (χ4n) is 1.96. The van der Waals surface area contributed by atoms with Crippen LogP contribution < -0.4 is 11.5 Å². The van der Waals surface area contributed by atoms with Gasteiger partial charge >= 0.3 is 12.1 Å². The standard InChI is InChI=1S/C13H13F3N4O2/c14-13(15,16)7-1-3-8(4-2-7)20-12(18)9(11(17)19-20)5-6-10(21)22/h1-4H,5-6,18H2,(H2,17,19)(H,21,22). The lowest BCUT2D eigenvalue weighted by Crippen LogP contribution is -2.07. The Bertz CT molecular complexity index is 693. The Labute approximate surface area is 123 Å². The molecule has 0 bridgehead atoms. The predicted molar refractivity (Wildman–Crippen MR) is 73.3 cm³/mol. The second-order valence-electron chi connectivity index (χ2n) is 4.60. The highest BCUT2D eigenvalue weighted by molar-refractivity contribution is 5.68. The molecule has 0 amide bonds. The fourth-order valence-corrected chi connectivity index (χ4v) is 1.96. The first-order valence-electron chi connectivity index (χ1n) is 6.22. The van der Waals surface area contributed by atoms with E-state index in [0.29, 0.717) is 11.3 Å². The lowest BCUT2D eigenvalue weighted by Gasteiger charge is -2.08. The van der Waals surface area contributed by atoms with Gasteiger partial charge in [0.15, 0.2) is 5.82 Å². The van der Waals surface area contributed by atoms with Gasteiger partial charge in [-0.1, -0.05) is 0 Å². The number of aromatic nitrogens is 2. The summed E-state index contributed by atoms with van der Waals surface area (Å²) in [5, 5.41) is 12.6. The van der Waals surface area contributed by atoms with Crippen molar-refractivity contribution >= 4 is 17.6 Å². The molecule has 0 saturated heterocycles. The van der Waals surface area contributed by atoms with Gasteiger partial charge in [0.05, 0.1) is 11.3 Å². The van der Waals surface area contributed by atoms with Crippen LogP contribution >= 0.6 is 0 Å². The van der Waals surface area contributed by atoms with Crippen molar-refractivity contribution in [2.24, 2.45) is 0 Å². The molecule has 0 unspecified atom stereocenters. The number of carbonyl (C=O) groups is 1. The minimum atomic E-state index is -4.43. The van der Waals surface area contributed by atoms with Crippen LogP contribution in [0.4, 0.5) is 24.8 Å². The topological polar surface area (TPSA) is 107 Å². The van der Waals surface area contributed by atoms with Crippen molar-refractivity contribution in [1.29, 1.82) is 0 Å². The van der Waals surface area contributed by atoms with E-state index in [-0.39, 0.29) is 24.5 Å². The van der Waals surface area contributed by atoms with E-state index in [1.165, 1.54) is 16.8 Å². The highest BCUT2D eigenvalue weighted by atomic mass is 19.4. The number of rotatable bonds is 4. The molecule has 2 rings (SSSR count). The minimum absolute atomic E-state index is 0.0543. The summed E-state index contributed by atoms with van der Waals surface area (Å²) >= 11 is 0. The van der Waals surface area contributed by atoms with E-state index in [2.05, 4.69) is 5.10 Å². The maximum absolute atomic E-state index is 12.5. The van der Waals surface area contributed by atoms with Gasteiger partial charge in [-0.2, -0.15) is 13.2 Å². The second-order valence-corrected chi connectivity index (χ2v) is 4.60. The van der Waals surface area contributed by atoms with Crippen LogP contribution in [0.1, 0.15) is 17.5 Å². The molecule has 0 saturated carbocycles. The Morgan fingerprint density at radius 3 is 2.32 bits per heavy atom. The van der Waals surface area contributed by atoms with Gasteiger partial charge in [0, 0.05) is 12.0 Å². The molecule has 0 spiro atoms. The van der Waals surface area contributed by atoms with Crippen molar-refractivity contribution in [2.75, 3.05) is 11.5 Å². The lowest BCUT2D eigenvalue weighted by atomic mass is 10.1. The zero-order valence-electron chi connectivity index (χ0n) is 11.3.